The first-order valence-corrected chi connectivity index (χ1v) is 10.2. The molecule has 0 saturated carbocycles. The molecule has 0 aliphatic carbocycles. The van der Waals surface area contributed by atoms with Crippen LogP contribution < -0.4 is 11.1 Å². The van der Waals surface area contributed by atoms with Crippen molar-refractivity contribution >= 4 is 23.5 Å². The molecule has 32 heavy (non-hydrogen) atoms. The minimum Gasteiger partial charge on any atom is -0.448 e. The number of benzene rings is 1. The van der Waals surface area contributed by atoms with Crippen LogP contribution >= 0.6 is 0 Å². The predicted molar refractivity (Wildman–Crippen MR) is 115 cm³/mol. The van der Waals surface area contributed by atoms with Crippen molar-refractivity contribution in [1.29, 1.82) is 5.26 Å². The summed E-state index contributed by atoms with van der Waals surface area (Å²) in [6.07, 6.45) is 1.45. The SMILES string of the molecule is CN(C)CCOC(=O)N1CCC(C#N)C(n2cc(C(N)=O)c(Nc3ccc(F)cc3)n2)C1. The van der Waals surface area contributed by atoms with Crippen LogP contribution in [0, 0.1) is 23.1 Å². The van der Waals surface area contributed by atoms with Gasteiger partial charge in [0.05, 0.1) is 18.0 Å². The number of halogens is 1. The van der Waals surface area contributed by atoms with E-state index in [1.165, 1.54) is 40.0 Å². The zero-order valence-corrected chi connectivity index (χ0v) is 18.0. The van der Waals surface area contributed by atoms with E-state index in [0.717, 1.165) is 0 Å². The number of likely N-dealkylation sites (N-methyl/N-ethyl adjacent to an activating group) is 1. The molecular formula is C21H26FN7O3. The van der Waals surface area contributed by atoms with Gasteiger partial charge in [-0.25, -0.2) is 9.18 Å². The number of ether oxygens (including phenoxy) is 1. The highest BCUT2D eigenvalue weighted by atomic mass is 19.1. The van der Waals surface area contributed by atoms with Crippen LogP contribution in [0.15, 0.2) is 30.5 Å². The van der Waals surface area contributed by atoms with Crippen molar-refractivity contribution in [3.05, 3.63) is 41.8 Å². The number of hydrogen-bond donors (Lipinski definition) is 2. The van der Waals surface area contributed by atoms with Gasteiger partial charge in [0.15, 0.2) is 5.82 Å². The van der Waals surface area contributed by atoms with E-state index in [1.807, 2.05) is 19.0 Å². The number of nitriles is 1. The Labute approximate surface area is 185 Å². The number of primary amides is 1. The third-order valence-electron chi connectivity index (χ3n) is 5.21. The van der Waals surface area contributed by atoms with Crippen molar-refractivity contribution in [2.24, 2.45) is 11.7 Å². The van der Waals surface area contributed by atoms with Gasteiger partial charge in [0.2, 0.25) is 0 Å². The summed E-state index contributed by atoms with van der Waals surface area (Å²) >= 11 is 0. The average Bonchev–Trinajstić information content (AvgIpc) is 3.18. The summed E-state index contributed by atoms with van der Waals surface area (Å²) < 4.78 is 20.0. The van der Waals surface area contributed by atoms with Crippen molar-refractivity contribution in [2.75, 3.05) is 45.7 Å². The molecule has 11 heteroatoms. The van der Waals surface area contributed by atoms with Crippen LogP contribution in [0.25, 0.3) is 0 Å². The van der Waals surface area contributed by atoms with Gasteiger partial charge in [-0.2, -0.15) is 10.4 Å². The molecule has 0 spiro atoms. The van der Waals surface area contributed by atoms with Crippen LogP contribution in [0.5, 0.6) is 0 Å². The van der Waals surface area contributed by atoms with Crippen LogP contribution in [0.2, 0.25) is 0 Å². The maximum absolute atomic E-state index is 13.2. The molecule has 1 aromatic heterocycles. The predicted octanol–water partition coefficient (Wildman–Crippen LogP) is 1.95. The fourth-order valence-electron chi connectivity index (χ4n) is 3.43. The van der Waals surface area contributed by atoms with E-state index in [9.17, 15) is 19.2 Å². The molecule has 0 radical (unpaired) electrons. The molecule has 3 N–H and O–H groups in total. The number of rotatable bonds is 7. The highest BCUT2D eigenvalue weighted by molar-refractivity contribution is 5.98. The standard InChI is InChI=1S/C21H26FN7O3/c1-27(2)9-10-32-21(31)28-8-7-14(11-23)18(13-28)29-12-17(19(24)30)20(26-29)25-16-5-3-15(22)4-6-16/h3-6,12,14,18H,7-10,13H2,1-2H3,(H2,24,30)(H,25,26). The van der Waals surface area contributed by atoms with Crippen LogP contribution in [0.1, 0.15) is 22.8 Å². The Hall–Kier alpha value is -3.65. The fraction of sp³-hybridized carbons (Fsp3) is 0.429. The molecule has 1 aromatic carbocycles. The Balaban J connectivity index is 1.80. The molecule has 1 aliphatic rings. The van der Waals surface area contributed by atoms with Gasteiger partial charge in [-0.15, -0.1) is 0 Å². The number of amides is 2. The summed E-state index contributed by atoms with van der Waals surface area (Å²) in [5.74, 6) is -1.33. The molecule has 10 nitrogen and oxygen atoms in total. The summed E-state index contributed by atoms with van der Waals surface area (Å²) in [7, 11) is 3.77. The van der Waals surface area contributed by atoms with Crippen molar-refractivity contribution in [1.82, 2.24) is 19.6 Å². The molecule has 3 rings (SSSR count). The normalized spacial score (nSPS) is 18.3. The van der Waals surface area contributed by atoms with E-state index in [-0.39, 0.29) is 24.5 Å². The monoisotopic (exact) mass is 443 g/mol. The first-order valence-electron chi connectivity index (χ1n) is 10.2. The van der Waals surface area contributed by atoms with Gasteiger partial charge in [0.1, 0.15) is 18.0 Å². The maximum Gasteiger partial charge on any atom is 0.409 e. The second-order valence-electron chi connectivity index (χ2n) is 7.82. The van der Waals surface area contributed by atoms with Gasteiger partial charge in [0.25, 0.3) is 5.91 Å². The topological polar surface area (TPSA) is 130 Å². The van der Waals surface area contributed by atoms with Gasteiger partial charge in [0, 0.05) is 31.5 Å². The first-order chi connectivity index (χ1) is 15.3. The lowest BCUT2D eigenvalue weighted by molar-refractivity contribution is 0.0721. The lowest BCUT2D eigenvalue weighted by Gasteiger charge is -2.35. The Kier molecular flexibility index (Phi) is 7.27. The van der Waals surface area contributed by atoms with E-state index in [1.54, 1.807) is 0 Å². The number of anilines is 2. The number of nitrogens with one attached hydrogen (secondary N) is 1. The summed E-state index contributed by atoms with van der Waals surface area (Å²) in [5, 5.41) is 17.0. The van der Waals surface area contributed by atoms with Crippen molar-refractivity contribution in [2.45, 2.75) is 12.5 Å². The molecule has 2 heterocycles. The van der Waals surface area contributed by atoms with E-state index in [4.69, 9.17) is 10.5 Å². The lowest BCUT2D eigenvalue weighted by Crippen LogP contribution is -2.45. The average molecular weight is 443 g/mol. The third kappa shape index (κ3) is 5.53. The van der Waals surface area contributed by atoms with Gasteiger partial charge >= 0.3 is 6.09 Å². The number of carbonyl (C=O) groups excluding carboxylic acids is 2. The second kappa shape index (κ2) is 10.1. The van der Waals surface area contributed by atoms with Crippen LogP contribution in [-0.2, 0) is 4.74 Å². The van der Waals surface area contributed by atoms with E-state index < -0.39 is 29.8 Å². The molecule has 170 valence electrons. The Morgan fingerprint density at radius 1 is 1.38 bits per heavy atom. The summed E-state index contributed by atoms with van der Waals surface area (Å²) in [6.45, 7) is 1.45. The number of nitrogens with zero attached hydrogens (tertiary/aromatic N) is 5. The van der Waals surface area contributed by atoms with Gasteiger partial charge in [-0.1, -0.05) is 0 Å². The number of piperidine rings is 1. The van der Waals surface area contributed by atoms with Crippen molar-refractivity contribution in [3.63, 3.8) is 0 Å². The quantitative estimate of drug-likeness (QED) is 0.669. The largest absolute Gasteiger partial charge is 0.448 e. The van der Waals surface area contributed by atoms with Gasteiger partial charge < -0.3 is 25.6 Å². The van der Waals surface area contributed by atoms with Gasteiger partial charge in [-0.3, -0.25) is 9.48 Å². The Morgan fingerprint density at radius 3 is 2.72 bits per heavy atom. The Bertz CT molecular complexity index is 1000. The number of likely N-dealkylation sites (tertiary alicyclic amines) is 1. The minimum absolute atomic E-state index is 0.122. The smallest absolute Gasteiger partial charge is 0.409 e. The highest BCUT2D eigenvalue weighted by Crippen LogP contribution is 2.30. The number of aromatic nitrogens is 2. The lowest BCUT2D eigenvalue weighted by atomic mass is 9.93. The van der Waals surface area contributed by atoms with E-state index in [0.29, 0.717) is 25.2 Å². The highest BCUT2D eigenvalue weighted by Gasteiger charge is 2.35. The van der Waals surface area contributed by atoms with E-state index in [2.05, 4.69) is 16.5 Å². The molecule has 1 saturated heterocycles. The molecule has 1 fully saturated rings. The third-order valence-corrected chi connectivity index (χ3v) is 5.21. The summed E-state index contributed by atoms with van der Waals surface area (Å²) in [4.78, 5) is 27.9. The summed E-state index contributed by atoms with van der Waals surface area (Å²) in [5.41, 5.74) is 6.15. The zero-order valence-electron chi connectivity index (χ0n) is 18.0. The number of nitrogens with two attached hydrogens (primary N) is 1. The molecule has 2 atom stereocenters. The van der Waals surface area contributed by atoms with Crippen LogP contribution in [0.3, 0.4) is 0 Å². The molecule has 2 amide bonds. The molecular weight excluding hydrogens is 417 g/mol. The second-order valence-corrected chi connectivity index (χ2v) is 7.82. The first kappa shape index (κ1) is 23.0. The fourth-order valence-corrected chi connectivity index (χ4v) is 3.43. The maximum atomic E-state index is 13.2. The number of carbonyl (C=O) groups is 2. The molecule has 0 bridgehead atoms. The van der Waals surface area contributed by atoms with Gasteiger partial charge in [-0.05, 0) is 44.8 Å². The molecule has 1 aliphatic heterocycles. The molecule has 2 unspecified atom stereocenters. The molecule has 2 aromatic rings. The van der Waals surface area contributed by atoms with E-state index >= 15 is 0 Å². The summed E-state index contributed by atoms with van der Waals surface area (Å²) in [6, 6.07) is 7.32. The number of hydrogen-bond acceptors (Lipinski definition) is 7. The van der Waals surface area contributed by atoms with Crippen LogP contribution in [0.4, 0.5) is 20.7 Å². The van der Waals surface area contributed by atoms with Crippen molar-refractivity contribution in [3.8, 4) is 6.07 Å². The van der Waals surface area contributed by atoms with Crippen molar-refractivity contribution < 1.29 is 18.7 Å². The minimum atomic E-state index is -0.704. The Morgan fingerprint density at radius 2 is 2.09 bits per heavy atom. The van der Waals surface area contributed by atoms with Crippen LogP contribution in [-0.4, -0.2) is 71.9 Å². The zero-order chi connectivity index (χ0) is 23.3.